The molecule has 0 spiro atoms. The minimum absolute atomic E-state index is 0.207. The molecule has 1 aliphatic heterocycles. The first kappa shape index (κ1) is 14.8. The van der Waals surface area contributed by atoms with Gasteiger partial charge in [0, 0.05) is 45.2 Å². The van der Waals surface area contributed by atoms with Crippen LogP contribution in [0.2, 0.25) is 0 Å². The predicted octanol–water partition coefficient (Wildman–Crippen LogP) is 2.06. The van der Waals surface area contributed by atoms with Crippen molar-refractivity contribution < 1.29 is 9.32 Å². The number of amides is 1. The summed E-state index contributed by atoms with van der Waals surface area (Å²) in [5.74, 6) is 1.52. The highest BCUT2D eigenvalue weighted by Gasteiger charge is 2.24. The van der Waals surface area contributed by atoms with Crippen LogP contribution >= 0.6 is 0 Å². The third kappa shape index (κ3) is 3.37. The smallest absolute Gasteiger partial charge is 0.223 e. The van der Waals surface area contributed by atoms with Crippen LogP contribution in [0.5, 0.6) is 0 Å². The summed E-state index contributed by atoms with van der Waals surface area (Å²) in [6.07, 6.45) is 7.16. The summed E-state index contributed by atoms with van der Waals surface area (Å²) in [7, 11) is 1.94. The van der Waals surface area contributed by atoms with Gasteiger partial charge < -0.3 is 9.42 Å². The summed E-state index contributed by atoms with van der Waals surface area (Å²) >= 11 is 0. The van der Waals surface area contributed by atoms with E-state index in [0.29, 0.717) is 18.8 Å². The van der Waals surface area contributed by atoms with Crippen molar-refractivity contribution in [1.29, 1.82) is 0 Å². The summed E-state index contributed by atoms with van der Waals surface area (Å²) < 4.78 is 6.99. The minimum Gasteiger partial charge on any atom is -0.361 e. The van der Waals surface area contributed by atoms with E-state index in [-0.39, 0.29) is 5.91 Å². The maximum Gasteiger partial charge on any atom is 0.223 e. The molecule has 1 saturated heterocycles. The van der Waals surface area contributed by atoms with Gasteiger partial charge in [-0.15, -0.1) is 0 Å². The van der Waals surface area contributed by atoms with Crippen LogP contribution in [0.4, 0.5) is 0 Å². The van der Waals surface area contributed by atoms with Crippen LogP contribution in [0.25, 0.3) is 0 Å². The summed E-state index contributed by atoms with van der Waals surface area (Å²) in [5, 5.41) is 8.08. The molecule has 0 bridgehead atoms. The van der Waals surface area contributed by atoms with Crippen molar-refractivity contribution in [2.24, 2.45) is 7.05 Å². The Bertz CT molecular complexity index is 638. The molecular weight excluding hydrogens is 280 g/mol. The maximum atomic E-state index is 12.3. The molecule has 1 fully saturated rings. The number of nitrogens with zero attached hydrogens (tertiary/aromatic N) is 4. The highest BCUT2D eigenvalue weighted by molar-refractivity contribution is 5.76. The molecular formula is C16H22N4O2. The van der Waals surface area contributed by atoms with Gasteiger partial charge in [0.25, 0.3) is 0 Å². The van der Waals surface area contributed by atoms with Crippen LogP contribution in [-0.2, 0) is 18.3 Å². The highest BCUT2D eigenvalue weighted by Crippen LogP contribution is 2.27. The lowest BCUT2D eigenvalue weighted by molar-refractivity contribution is -0.132. The van der Waals surface area contributed by atoms with Crippen LogP contribution < -0.4 is 0 Å². The Kier molecular flexibility index (Phi) is 4.27. The van der Waals surface area contributed by atoms with Gasteiger partial charge in [0.1, 0.15) is 5.76 Å². The summed E-state index contributed by atoms with van der Waals surface area (Å²) in [5.41, 5.74) is 2.14. The van der Waals surface area contributed by atoms with Gasteiger partial charge in [-0.1, -0.05) is 5.16 Å². The Morgan fingerprint density at radius 3 is 2.77 bits per heavy atom. The van der Waals surface area contributed by atoms with E-state index in [4.69, 9.17) is 4.52 Å². The average Bonchev–Trinajstić information content (AvgIpc) is 3.13. The average molecular weight is 302 g/mol. The Labute approximate surface area is 130 Å². The Balaban J connectivity index is 1.47. The number of carbonyl (C=O) groups excluding carboxylic acids is 1. The van der Waals surface area contributed by atoms with E-state index in [0.717, 1.165) is 37.4 Å². The van der Waals surface area contributed by atoms with Gasteiger partial charge in [-0.05, 0) is 31.2 Å². The number of hydrogen-bond donors (Lipinski definition) is 0. The van der Waals surface area contributed by atoms with Gasteiger partial charge in [0.15, 0.2) is 0 Å². The molecule has 6 nitrogen and oxygen atoms in total. The first-order chi connectivity index (χ1) is 10.6. The molecule has 0 N–H and O–H groups in total. The maximum absolute atomic E-state index is 12.3. The molecule has 0 radical (unpaired) electrons. The second-order valence-corrected chi connectivity index (χ2v) is 6.04. The monoisotopic (exact) mass is 302 g/mol. The van der Waals surface area contributed by atoms with Crippen molar-refractivity contribution in [3.63, 3.8) is 0 Å². The largest absolute Gasteiger partial charge is 0.361 e. The molecule has 118 valence electrons. The molecule has 6 heteroatoms. The van der Waals surface area contributed by atoms with E-state index < -0.39 is 0 Å². The standard InChI is InChI=1S/C16H22N4O2/c1-12-9-15(22-18-12)3-4-16(21)20-7-5-13(6-8-20)14-10-17-19(2)11-14/h9-11,13H,3-8H2,1-2H3. The fourth-order valence-electron chi connectivity index (χ4n) is 3.04. The van der Waals surface area contributed by atoms with E-state index in [1.165, 1.54) is 5.56 Å². The molecule has 0 aliphatic carbocycles. The van der Waals surface area contributed by atoms with Crippen LogP contribution in [-0.4, -0.2) is 38.8 Å². The second-order valence-electron chi connectivity index (χ2n) is 6.04. The molecule has 3 rings (SSSR count). The van der Waals surface area contributed by atoms with Gasteiger partial charge in [-0.2, -0.15) is 5.10 Å². The molecule has 22 heavy (non-hydrogen) atoms. The van der Waals surface area contributed by atoms with Crippen molar-refractivity contribution in [3.8, 4) is 0 Å². The summed E-state index contributed by atoms with van der Waals surface area (Å²) in [6, 6.07) is 1.89. The van der Waals surface area contributed by atoms with E-state index >= 15 is 0 Å². The number of rotatable bonds is 4. The number of aryl methyl sites for hydroxylation is 3. The van der Waals surface area contributed by atoms with Gasteiger partial charge in [-0.3, -0.25) is 9.48 Å². The van der Waals surface area contributed by atoms with Crippen molar-refractivity contribution in [2.75, 3.05) is 13.1 Å². The molecule has 2 aromatic heterocycles. The molecule has 1 amide bonds. The Hall–Kier alpha value is -2.11. The fourth-order valence-corrected chi connectivity index (χ4v) is 3.04. The van der Waals surface area contributed by atoms with Gasteiger partial charge in [-0.25, -0.2) is 0 Å². The SMILES string of the molecule is Cc1cc(CCC(=O)N2CCC(c3cnn(C)c3)CC2)on1. The summed E-state index contributed by atoms with van der Waals surface area (Å²) in [6.45, 7) is 3.54. The number of aromatic nitrogens is 3. The Morgan fingerprint density at radius 2 is 2.18 bits per heavy atom. The van der Waals surface area contributed by atoms with Crippen molar-refractivity contribution in [1.82, 2.24) is 19.8 Å². The van der Waals surface area contributed by atoms with E-state index in [9.17, 15) is 4.79 Å². The van der Waals surface area contributed by atoms with Crippen LogP contribution in [0.1, 0.15) is 42.2 Å². The predicted molar refractivity (Wildman–Crippen MR) is 81.3 cm³/mol. The lowest BCUT2D eigenvalue weighted by atomic mass is 9.91. The number of carbonyl (C=O) groups is 1. The normalized spacial score (nSPS) is 16.2. The third-order valence-corrected chi connectivity index (χ3v) is 4.31. The number of hydrogen-bond acceptors (Lipinski definition) is 4. The van der Waals surface area contributed by atoms with Gasteiger partial charge in [0.2, 0.25) is 5.91 Å². The molecule has 0 atom stereocenters. The zero-order valence-corrected chi connectivity index (χ0v) is 13.2. The van der Waals surface area contributed by atoms with Crippen molar-refractivity contribution in [2.45, 2.75) is 38.5 Å². The van der Waals surface area contributed by atoms with Crippen LogP contribution in [0, 0.1) is 6.92 Å². The summed E-state index contributed by atoms with van der Waals surface area (Å²) in [4.78, 5) is 14.2. The van der Waals surface area contributed by atoms with E-state index in [1.54, 1.807) is 0 Å². The molecule has 0 aromatic carbocycles. The number of piperidine rings is 1. The highest BCUT2D eigenvalue weighted by atomic mass is 16.5. The van der Waals surface area contributed by atoms with Crippen LogP contribution in [0.3, 0.4) is 0 Å². The van der Waals surface area contributed by atoms with Crippen molar-refractivity contribution in [3.05, 3.63) is 35.5 Å². The fraction of sp³-hybridized carbons (Fsp3) is 0.562. The molecule has 0 saturated carbocycles. The molecule has 1 aliphatic rings. The van der Waals surface area contributed by atoms with Gasteiger partial charge in [0.05, 0.1) is 11.9 Å². The van der Waals surface area contributed by atoms with E-state index in [2.05, 4.69) is 16.5 Å². The first-order valence-electron chi connectivity index (χ1n) is 7.80. The minimum atomic E-state index is 0.207. The van der Waals surface area contributed by atoms with Crippen LogP contribution in [0.15, 0.2) is 23.0 Å². The lowest BCUT2D eigenvalue weighted by Crippen LogP contribution is -2.37. The molecule has 3 heterocycles. The van der Waals surface area contributed by atoms with Gasteiger partial charge >= 0.3 is 0 Å². The first-order valence-corrected chi connectivity index (χ1v) is 7.80. The zero-order valence-electron chi connectivity index (χ0n) is 13.2. The zero-order chi connectivity index (χ0) is 15.5. The topological polar surface area (TPSA) is 64.2 Å². The van der Waals surface area contributed by atoms with E-state index in [1.807, 2.05) is 35.8 Å². The molecule has 2 aromatic rings. The Morgan fingerprint density at radius 1 is 1.41 bits per heavy atom. The number of likely N-dealkylation sites (tertiary alicyclic amines) is 1. The second kappa shape index (κ2) is 6.34. The van der Waals surface area contributed by atoms with Crippen molar-refractivity contribution >= 4 is 5.91 Å². The molecule has 0 unspecified atom stereocenters. The third-order valence-electron chi connectivity index (χ3n) is 4.31. The quantitative estimate of drug-likeness (QED) is 0.867. The lowest BCUT2D eigenvalue weighted by Gasteiger charge is -2.31.